The molecule has 0 aromatic rings. The fourth-order valence-corrected chi connectivity index (χ4v) is 1.77. The van der Waals surface area contributed by atoms with E-state index in [4.69, 9.17) is 5.11 Å². The van der Waals surface area contributed by atoms with Gasteiger partial charge in [0.25, 0.3) is 0 Å². The van der Waals surface area contributed by atoms with Crippen molar-refractivity contribution in [1.82, 2.24) is 0 Å². The highest BCUT2D eigenvalue weighted by atomic mass is 32.2. The number of aliphatic hydroxyl groups is 1. The Hall–Kier alpha value is -0.0200. The topological polar surface area (TPSA) is 32.6 Å². The molecule has 0 spiro atoms. The molecule has 9 heavy (non-hydrogen) atoms. The van der Waals surface area contributed by atoms with E-state index in [-0.39, 0.29) is 6.61 Å². The molecule has 0 aromatic carbocycles. The lowest BCUT2D eigenvalue weighted by molar-refractivity contribution is 0.308. The molecule has 1 atom stereocenters. The Morgan fingerprint density at radius 2 is 2.67 bits per heavy atom. The Bertz CT molecular complexity index is 124. The van der Waals surface area contributed by atoms with Crippen LogP contribution in [0.4, 0.5) is 0 Å². The molecule has 1 aliphatic heterocycles. The molecule has 1 aliphatic rings. The second-order valence-corrected chi connectivity index (χ2v) is 3.25. The number of thioether (sulfide) groups is 1. The highest BCUT2D eigenvalue weighted by Crippen LogP contribution is 2.18. The van der Waals surface area contributed by atoms with Crippen LogP contribution in [-0.2, 0) is 0 Å². The Labute approximate surface area is 59.4 Å². The predicted octanol–water partition coefficient (Wildman–Crippen LogP) is 0.903. The summed E-state index contributed by atoms with van der Waals surface area (Å²) in [5, 5.41) is 9.63. The first-order valence-corrected chi connectivity index (χ1v) is 4.12. The van der Waals surface area contributed by atoms with Crippen LogP contribution in [0.3, 0.4) is 0 Å². The Morgan fingerprint density at radius 1 is 1.89 bits per heavy atom. The van der Waals surface area contributed by atoms with Crippen LogP contribution in [-0.4, -0.2) is 28.6 Å². The molecule has 1 unspecified atom stereocenters. The molecule has 0 fully saturated rings. The number of hydrogen-bond donors (Lipinski definition) is 1. The molecular weight excluding hydrogens is 134 g/mol. The molecule has 3 heteroatoms. The van der Waals surface area contributed by atoms with Gasteiger partial charge in [-0.15, -0.1) is 11.8 Å². The fourth-order valence-electron chi connectivity index (χ4n) is 0.770. The highest BCUT2D eigenvalue weighted by Gasteiger charge is 2.11. The summed E-state index contributed by atoms with van der Waals surface area (Å²) < 4.78 is 0. The van der Waals surface area contributed by atoms with Crippen LogP contribution < -0.4 is 0 Å². The van der Waals surface area contributed by atoms with E-state index in [1.807, 2.05) is 0 Å². The van der Waals surface area contributed by atoms with E-state index in [2.05, 4.69) is 11.9 Å². The summed E-state index contributed by atoms with van der Waals surface area (Å²) in [5.41, 5.74) is 0. The molecule has 1 N–H and O–H groups in total. The number of nitrogens with zero attached hydrogens (tertiary/aromatic N) is 1. The maximum atomic E-state index is 8.52. The third kappa shape index (κ3) is 1.99. The number of rotatable bonds is 2. The fraction of sp³-hybridized carbons (Fsp3) is 0.833. The van der Waals surface area contributed by atoms with E-state index in [9.17, 15) is 0 Å². The number of hydrogen-bond acceptors (Lipinski definition) is 3. The van der Waals surface area contributed by atoms with Gasteiger partial charge in [-0.2, -0.15) is 0 Å². The Balaban J connectivity index is 2.33. The van der Waals surface area contributed by atoms with Gasteiger partial charge in [0.05, 0.1) is 11.1 Å². The van der Waals surface area contributed by atoms with Crippen LogP contribution in [0.2, 0.25) is 0 Å². The average Bonchev–Trinajstić information content (AvgIpc) is 2.17. The monoisotopic (exact) mass is 145 g/mol. The molecule has 2 nitrogen and oxygen atoms in total. The zero-order valence-electron chi connectivity index (χ0n) is 5.50. The molecule has 52 valence electrons. The Morgan fingerprint density at radius 3 is 3.11 bits per heavy atom. The summed E-state index contributed by atoms with van der Waals surface area (Å²) in [6.07, 6.45) is 0.745. The van der Waals surface area contributed by atoms with Gasteiger partial charge in [0, 0.05) is 18.8 Å². The van der Waals surface area contributed by atoms with Crippen LogP contribution in [0, 0.1) is 0 Å². The van der Waals surface area contributed by atoms with Crippen molar-refractivity contribution >= 4 is 16.8 Å². The summed E-state index contributed by atoms with van der Waals surface area (Å²) in [5.74, 6) is 1.09. The molecule has 1 rings (SSSR count). The standard InChI is InChI=1S/C6H11NOS/c1-5-4-9-6(7-5)2-3-8/h5,8H,2-4H2,1H3. The van der Waals surface area contributed by atoms with Gasteiger partial charge < -0.3 is 5.11 Å². The second-order valence-electron chi connectivity index (χ2n) is 2.16. The van der Waals surface area contributed by atoms with E-state index in [0.29, 0.717) is 6.04 Å². The molecular formula is C6H11NOS. The molecule has 0 bridgehead atoms. The quantitative estimate of drug-likeness (QED) is 0.626. The van der Waals surface area contributed by atoms with Crippen LogP contribution in [0.5, 0.6) is 0 Å². The SMILES string of the molecule is CC1CSC(CCO)=N1. The molecule has 0 aromatic heterocycles. The van der Waals surface area contributed by atoms with Crippen molar-refractivity contribution in [3.05, 3.63) is 0 Å². The van der Waals surface area contributed by atoms with Gasteiger partial charge >= 0.3 is 0 Å². The molecule has 0 aliphatic carbocycles. The van der Waals surface area contributed by atoms with E-state index in [0.717, 1.165) is 17.2 Å². The summed E-state index contributed by atoms with van der Waals surface area (Å²) in [7, 11) is 0. The van der Waals surface area contributed by atoms with Gasteiger partial charge in [0.2, 0.25) is 0 Å². The van der Waals surface area contributed by atoms with Gasteiger partial charge in [-0.25, -0.2) is 0 Å². The lowest BCUT2D eigenvalue weighted by atomic mass is 10.4. The minimum Gasteiger partial charge on any atom is -0.396 e. The van der Waals surface area contributed by atoms with Crippen molar-refractivity contribution in [2.75, 3.05) is 12.4 Å². The minimum atomic E-state index is 0.235. The van der Waals surface area contributed by atoms with Gasteiger partial charge in [0.15, 0.2) is 0 Å². The van der Waals surface area contributed by atoms with E-state index < -0.39 is 0 Å². The van der Waals surface area contributed by atoms with Crippen molar-refractivity contribution in [3.8, 4) is 0 Å². The van der Waals surface area contributed by atoms with Gasteiger partial charge in [-0.05, 0) is 6.92 Å². The third-order valence-corrected chi connectivity index (χ3v) is 2.47. The van der Waals surface area contributed by atoms with E-state index in [1.165, 1.54) is 0 Å². The summed E-state index contributed by atoms with van der Waals surface area (Å²) in [6, 6.07) is 0.469. The lowest BCUT2D eigenvalue weighted by Gasteiger charge is -1.90. The maximum Gasteiger partial charge on any atom is 0.0703 e. The van der Waals surface area contributed by atoms with Crippen LogP contribution >= 0.6 is 11.8 Å². The van der Waals surface area contributed by atoms with Crippen LogP contribution in [0.1, 0.15) is 13.3 Å². The average molecular weight is 145 g/mol. The summed E-state index contributed by atoms with van der Waals surface area (Å²) >= 11 is 1.77. The zero-order valence-corrected chi connectivity index (χ0v) is 6.32. The van der Waals surface area contributed by atoms with Gasteiger partial charge in [-0.3, -0.25) is 4.99 Å². The highest BCUT2D eigenvalue weighted by molar-refractivity contribution is 8.14. The normalized spacial score (nSPS) is 26.4. The van der Waals surface area contributed by atoms with Crippen molar-refractivity contribution < 1.29 is 5.11 Å². The van der Waals surface area contributed by atoms with E-state index >= 15 is 0 Å². The van der Waals surface area contributed by atoms with Crippen molar-refractivity contribution in [2.45, 2.75) is 19.4 Å². The molecule has 0 saturated heterocycles. The molecule has 0 radical (unpaired) electrons. The van der Waals surface area contributed by atoms with Gasteiger partial charge in [0.1, 0.15) is 0 Å². The van der Waals surface area contributed by atoms with Crippen molar-refractivity contribution in [3.63, 3.8) is 0 Å². The first-order chi connectivity index (χ1) is 4.33. The zero-order chi connectivity index (χ0) is 6.69. The number of aliphatic hydroxyl groups excluding tert-OH is 1. The van der Waals surface area contributed by atoms with Crippen molar-refractivity contribution in [2.24, 2.45) is 4.99 Å². The molecule has 1 heterocycles. The van der Waals surface area contributed by atoms with Crippen molar-refractivity contribution in [1.29, 1.82) is 0 Å². The summed E-state index contributed by atoms with van der Waals surface area (Å²) in [4.78, 5) is 4.30. The second kappa shape index (κ2) is 3.22. The minimum absolute atomic E-state index is 0.235. The van der Waals surface area contributed by atoms with Crippen LogP contribution in [0.15, 0.2) is 4.99 Å². The first kappa shape index (κ1) is 7.09. The summed E-state index contributed by atoms with van der Waals surface area (Å²) in [6.45, 7) is 2.33. The number of aliphatic imine (C=N–C) groups is 1. The predicted molar refractivity (Wildman–Crippen MR) is 41.1 cm³/mol. The largest absolute Gasteiger partial charge is 0.396 e. The van der Waals surface area contributed by atoms with Crippen LogP contribution in [0.25, 0.3) is 0 Å². The molecule has 0 saturated carbocycles. The first-order valence-electron chi connectivity index (χ1n) is 3.13. The molecule has 0 amide bonds. The third-order valence-electron chi connectivity index (χ3n) is 1.18. The smallest absolute Gasteiger partial charge is 0.0703 e. The van der Waals surface area contributed by atoms with Gasteiger partial charge in [-0.1, -0.05) is 0 Å². The van der Waals surface area contributed by atoms with E-state index in [1.54, 1.807) is 11.8 Å². The Kier molecular flexibility index (Phi) is 2.54. The lowest BCUT2D eigenvalue weighted by Crippen LogP contribution is -1.93. The maximum absolute atomic E-state index is 8.52.